The first-order chi connectivity index (χ1) is 13.8. The van der Waals surface area contributed by atoms with E-state index < -0.39 is 30.2 Å². The van der Waals surface area contributed by atoms with Crippen molar-refractivity contribution < 1.29 is 23.9 Å². The number of ketones is 1. The predicted octanol–water partition coefficient (Wildman–Crippen LogP) is 2.46. The van der Waals surface area contributed by atoms with Crippen molar-refractivity contribution in [3.05, 3.63) is 35.5 Å². The molecule has 1 aromatic heterocycles. The highest BCUT2D eigenvalue weighted by Crippen LogP contribution is 2.35. The summed E-state index contributed by atoms with van der Waals surface area (Å²) in [6.07, 6.45) is 1.84. The molecule has 1 saturated heterocycles. The Morgan fingerprint density at radius 2 is 1.90 bits per heavy atom. The fourth-order valence-electron chi connectivity index (χ4n) is 4.35. The van der Waals surface area contributed by atoms with Crippen LogP contribution in [-0.2, 0) is 14.3 Å². The summed E-state index contributed by atoms with van der Waals surface area (Å²) in [4.78, 5) is 54.1. The molecule has 8 nitrogen and oxygen atoms in total. The van der Waals surface area contributed by atoms with E-state index in [9.17, 15) is 19.2 Å². The molecule has 1 aromatic carbocycles. The summed E-state index contributed by atoms with van der Waals surface area (Å²) < 4.78 is 5.27. The molecule has 2 heterocycles. The smallest absolute Gasteiger partial charge is 0.326 e. The van der Waals surface area contributed by atoms with Crippen LogP contribution in [0.3, 0.4) is 0 Å². The van der Waals surface area contributed by atoms with Crippen molar-refractivity contribution in [2.75, 3.05) is 6.54 Å². The van der Waals surface area contributed by atoms with Crippen LogP contribution < -0.4 is 5.32 Å². The molecular weight excluding hydrogens is 374 g/mol. The summed E-state index contributed by atoms with van der Waals surface area (Å²) in [5, 5.41) is 3.48. The average Bonchev–Trinajstić information content (AvgIpc) is 3.34. The number of aryl methyl sites for hydroxylation is 1. The number of aromatic nitrogens is 1. The summed E-state index contributed by atoms with van der Waals surface area (Å²) in [6.45, 7) is 2.78. The lowest BCUT2D eigenvalue weighted by atomic mass is 9.98. The third-order valence-electron chi connectivity index (χ3n) is 5.81. The summed E-state index contributed by atoms with van der Waals surface area (Å²) in [6, 6.07) is 6.81. The maximum Gasteiger partial charge on any atom is 0.326 e. The van der Waals surface area contributed by atoms with Crippen LogP contribution in [0, 0.1) is 6.92 Å². The van der Waals surface area contributed by atoms with E-state index in [-0.39, 0.29) is 11.7 Å². The number of carbonyl (C=O) groups is 4. The molecule has 2 fully saturated rings. The Labute approximate surface area is 167 Å². The number of urea groups is 1. The number of esters is 1. The molecule has 0 radical (unpaired) electrons. The Balaban J connectivity index is 1.44. The van der Waals surface area contributed by atoms with E-state index >= 15 is 0 Å². The second-order valence-electron chi connectivity index (χ2n) is 7.78. The van der Waals surface area contributed by atoms with Crippen LogP contribution in [0.2, 0.25) is 0 Å². The zero-order chi connectivity index (χ0) is 20.8. The highest BCUT2D eigenvalue weighted by Gasteiger charge is 2.52. The van der Waals surface area contributed by atoms with Crippen LogP contribution in [0.4, 0.5) is 4.79 Å². The summed E-state index contributed by atoms with van der Waals surface area (Å²) in [5.41, 5.74) is 1.12. The Morgan fingerprint density at radius 1 is 1.21 bits per heavy atom. The molecule has 4 rings (SSSR count). The number of nitrogens with zero attached hydrogens (tertiary/aromatic N) is 1. The zero-order valence-electron chi connectivity index (χ0n) is 16.4. The van der Waals surface area contributed by atoms with Gasteiger partial charge in [-0.2, -0.15) is 0 Å². The minimum atomic E-state index is -1.04. The van der Waals surface area contributed by atoms with Gasteiger partial charge in [-0.25, -0.2) is 4.79 Å². The average molecular weight is 397 g/mol. The van der Waals surface area contributed by atoms with E-state index in [1.165, 1.54) is 6.92 Å². The van der Waals surface area contributed by atoms with Gasteiger partial charge in [0.05, 0.1) is 0 Å². The molecule has 2 aromatic rings. The number of para-hydroxylation sites is 1. The van der Waals surface area contributed by atoms with E-state index in [0.29, 0.717) is 24.1 Å². The highest BCUT2D eigenvalue weighted by atomic mass is 16.5. The summed E-state index contributed by atoms with van der Waals surface area (Å²) >= 11 is 0. The fourth-order valence-corrected chi connectivity index (χ4v) is 4.35. The Kier molecular flexibility index (Phi) is 4.64. The molecule has 1 spiro atoms. The molecule has 1 aliphatic heterocycles. The lowest BCUT2D eigenvalue weighted by molar-refractivity contribution is -0.149. The zero-order valence-corrected chi connectivity index (χ0v) is 16.4. The van der Waals surface area contributed by atoms with Gasteiger partial charge in [0.2, 0.25) is 5.78 Å². The summed E-state index contributed by atoms with van der Waals surface area (Å²) in [5.74, 6) is -1.51. The number of Topliss-reactive ketones (excluding diaryl/α,β-unsaturated/α-hetero) is 1. The molecule has 1 aliphatic carbocycles. The minimum Gasteiger partial charge on any atom is -0.453 e. The molecule has 0 unspecified atom stereocenters. The van der Waals surface area contributed by atoms with E-state index in [4.69, 9.17) is 4.74 Å². The number of H-pyrrole nitrogens is 1. The quantitative estimate of drug-likeness (QED) is 0.458. The standard InChI is InChI=1S/C21H23N3O5/c1-12-17(14-7-3-4-8-15(14)22-12)18(26)13(2)29-16(25)11-24-19(27)21(23-20(24)28)9-5-6-10-21/h3-4,7-8,13,22H,5-6,9-11H2,1-2H3,(H,23,28)/t13-/m0/s1. The van der Waals surface area contributed by atoms with Gasteiger partial charge in [0.1, 0.15) is 12.1 Å². The van der Waals surface area contributed by atoms with Crippen molar-refractivity contribution in [2.24, 2.45) is 0 Å². The SMILES string of the molecule is Cc1[nH]c2ccccc2c1C(=O)[C@H](C)OC(=O)CN1C(=O)NC2(CCCC2)C1=O. The van der Waals surface area contributed by atoms with Crippen molar-refractivity contribution >= 4 is 34.6 Å². The largest absolute Gasteiger partial charge is 0.453 e. The molecule has 0 bridgehead atoms. The Bertz CT molecular complexity index is 1020. The number of amides is 3. The number of benzene rings is 1. The Hall–Kier alpha value is -3.16. The number of aromatic amines is 1. The molecule has 1 atom stereocenters. The molecule has 8 heteroatoms. The molecule has 3 amide bonds. The fraction of sp³-hybridized carbons (Fsp3) is 0.429. The highest BCUT2D eigenvalue weighted by molar-refractivity contribution is 6.12. The van der Waals surface area contributed by atoms with Crippen LogP contribution in [0.5, 0.6) is 0 Å². The first-order valence-corrected chi connectivity index (χ1v) is 9.77. The second-order valence-corrected chi connectivity index (χ2v) is 7.78. The van der Waals surface area contributed by atoms with E-state index in [1.807, 2.05) is 24.3 Å². The number of rotatable bonds is 5. The van der Waals surface area contributed by atoms with Crippen LogP contribution in [0.15, 0.2) is 24.3 Å². The van der Waals surface area contributed by atoms with Crippen molar-refractivity contribution in [3.63, 3.8) is 0 Å². The van der Waals surface area contributed by atoms with Gasteiger partial charge in [-0.05, 0) is 32.8 Å². The predicted molar refractivity (Wildman–Crippen MR) is 104 cm³/mol. The van der Waals surface area contributed by atoms with Gasteiger partial charge in [0.25, 0.3) is 5.91 Å². The molecule has 1 saturated carbocycles. The molecule has 2 aliphatic rings. The first kappa shape index (κ1) is 19.2. The third-order valence-corrected chi connectivity index (χ3v) is 5.81. The number of fused-ring (bicyclic) bond motifs is 1. The number of imide groups is 1. The van der Waals surface area contributed by atoms with Crippen LogP contribution in [0.25, 0.3) is 10.9 Å². The molecule has 152 valence electrons. The van der Waals surface area contributed by atoms with Crippen LogP contribution in [0.1, 0.15) is 48.7 Å². The summed E-state index contributed by atoms with van der Waals surface area (Å²) in [7, 11) is 0. The number of ether oxygens (including phenoxy) is 1. The molecular formula is C21H23N3O5. The molecule has 29 heavy (non-hydrogen) atoms. The van der Waals surface area contributed by atoms with E-state index in [1.54, 1.807) is 6.92 Å². The second kappa shape index (κ2) is 7.02. The number of hydrogen-bond acceptors (Lipinski definition) is 5. The lowest BCUT2D eigenvalue weighted by Gasteiger charge is -2.20. The minimum absolute atomic E-state index is 0.335. The van der Waals surface area contributed by atoms with Crippen molar-refractivity contribution in [1.29, 1.82) is 0 Å². The number of carbonyl (C=O) groups excluding carboxylic acids is 4. The number of hydrogen-bond donors (Lipinski definition) is 2. The van der Waals surface area contributed by atoms with E-state index in [0.717, 1.165) is 28.6 Å². The normalized spacial score (nSPS) is 19.0. The maximum absolute atomic E-state index is 12.9. The van der Waals surface area contributed by atoms with Gasteiger partial charge in [-0.1, -0.05) is 31.0 Å². The van der Waals surface area contributed by atoms with Gasteiger partial charge >= 0.3 is 12.0 Å². The van der Waals surface area contributed by atoms with Gasteiger partial charge < -0.3 is 15.0 Å². The lowest BCUT2D eigenvalue weighted by Crippen LogP contribution is -2.44. The van der Waals surface area contributed by atoms with Gasteiger partial charge in [-0.3, -0.25) is 19.3 Å². The van der Waals surface area contributed by atoms with Crippen LogP contribution >= 0.6 is 0 Å². The van der Waals surface area contributed by atoms with Gasteiger partial charge in [0, 0.05) is 22.2 Å². The van der Waals surface area contributed by atoms with Gasteiger partial charge in [-0.15, -0.1) is 0 Å². The van der Waals surface area contributed by atoms with Crippen molar-refractivity contribution in [2.45, 2.75) is 51.2 Å². The van der Waals surface area contributed by atoms with Gasteiger partial charge in [0.15, 0.2) is 6.10 Å². The first-order valence-electron chi connectivity index (χ1n) is 9.77. The van der Waals surface area contributed by atoms with Crippen molar-refractivity contribution in [1.82, 2.24) is 15.2 Å². The third kappa shape index (κ3) is 3.18. The van der Waals surface area contributed by atoms with Crippen LogP contribution in [-0.4, -0.2) is 51.8 Å². The maximum atomic E-state index is 12.9. The van der Waals surface area contributed by atoms with E-state index in [2.05, 4.69) is 10.3 Å². The Morgan fingerprint density at radius 3 is 2.62 bits per heavy atom. The number of nitrogens with one attached hydrogen (secondary N) is 2. The monoisotopic (exact) mass is 397 g/mol. The topological polar surface area (TPSA) is 109 Å². The van der Waals surface area contributed by atoms with Crippen molar-refractivity contribution in [3.8, 4) is 0 Å². The molecule has 2 N–H and O–H groups in total.